The van der Waals surface area contributed by atoms with E-state index in [-0.39, 0.29) is 11.6 Å². The predicted octanol–water partition coefficient (Wildman–Crippen LogP) is 8.10. The minimum Gasteiger partial charge on any atom is -0.496 e. The lowest BCUT2D eigenvalue weighted by Gasteiger charge is -2.19. The molecule has 4 aromatic carbocycles. The average molecular weight is 543 g/mol. The number of benzene rings is 4. The summed E-state index contributed by atoms with van der Waals surface area (Å²) in [6, 6.07) is 25.5. The van der Waals surface area contributed by atoms with Gasteiger partial charge < -0.3 is 9.47 Å². The van der Waals surface area contributed by atoms with Crippen LogP contribution in [0.4, 0.5) is 0 Å². The first-order chi connectivity index (χ1) is 19.7. The van der Waals surface area contributed by atoms with Crippen LogP contribution in [0.5, 0.6) is 11.5 Å². The van der Waals surface area contributed by atoms with Crippen molar-refractivity contribution in [2.24, 2.45) is 0 Å². The Morgan fingerprint density at radius 3 is 2.10 bits per heavy atom. The van der Waals surface area contributed by atoms with E-state index in [2.05, 4.69) is 32.9 Å². The van der Waals surface area contributed by atoms with Crippen molar-refractivity contribution >= 4 is 23.7 Å². The van der Waals surface area contributed by atoms with Gasteiger partial charge in [0.2, 0.25) is 0 Å². The molecule has 1 aliphatic carbocycles. The number of rotatable bonds is 3. The normalized spacial score (nSPS) is 15.6. The number of ether oxygens (including phenoxy) is 2. The molecule has 4 nitrogen and oxygen atoms in total. The Morgan fingerprint density at radius 2 is 1.34 bits per heavy atom. The number of allylic oxidation sites excluding steroid dienone is 1. The third kappa shape index (κ3) is 5.92. The minimum atomic E-state index is 0.0643. The van der Waals surface area contributed by atoms with Crippen LogP contribution in [-0.2, 0) is 6.42 Å². The number of hydrogen-bond acceptors (Lipinski definition) is 4. The molecule has 0 saturated heterocycles. The van der Waals surface area contributed by atoms with E-state index in [1.807, 2.05) is 85.8 Å². The van der Waals surface area contributed by atoms with Crippen LogP contribution in [0.25, 0.3) is 12.2 Å². The van der Waals surface area contributed by atoms with Crippen molar-refractivity contribution in [1.29, 1.82) is 0 Å². The number of para-hydroxylation sites is 1. The molecule has 0 atom stereocenters. The van der Waals surface area contributed by atoms with Gasteiger partial charge in [-0.25, -0.2) is 0 Å². The molecule has 206 valence electrons. The second-order valence-corrected chi connectivity index (χ2v) is 10.7. The standard InChI is InChI=1S/C19H18O2.C18H16O2/c1-12-8-14(3)15(9-13(12)2)10-16-11-21-18-7-5-4-6-17(18)19(16)20;1-12-7-8-14(17(9-12)20-2)11-15-10-13-5-3-4-6-16(13)18(15)19/h4-10H,11H2,1-3H3;3-9,11H,10H2,1-2H3. The number of fused-ring (bicyclic) bond motifs is 2. The third-order valence-corrected chi connectivity index (χ3v) is 7.67. The fourth-order valence-electron chi connectivity index (χ4n) is 5.20. The Kier molecular flexibility index (Phi) is 8.02. The lowest BCUT2D eigenvalue weighted by Crippen LogP contribution is -2.18. The molecule has 0 N–H and O–H groups in total. The van der Waals surface area contributed by atoms with Crippen LogP contribution in [0.15, 0.2) is 90.0 Å². The summed E-state index contributed by atoms with van der Waals surface area (Å²) in [4.78, 5) is 24.9. The van der Waals surface area contributed by atoms with Crippen molar-refractivity contribution < 1.29 is 19.1 Å². The molecule has 4 heteroatoms. The average Bonchev–Trinajstić information content (AvgIpc) is 3.29. The zero-order valence-electron chi connectivity index (χ0n) is 24.2. The first-order valence-electron chi connectivity index (χ1n) is 13.8. The highest BCUT2D eigenvalue weighted by Crippen LogP contribution is 2.31. The van der Waals surface area contributed by atoms with E-state index in [0.29, 0.717) is 29.9 Å². The van der Waals surface area contributed by atoms with Gasteiger partial charge in [0.1, 0.15) is 18.1 Å². The minimum absolute atomic E-state index is 0.0643. The van der Waals surface area contributed by atoms with Gasteiger partial charge in [0, 0.05) is 28.7 Å². The highest BCUT2D eigenvalue weighted by Gasteiger charge is 2.24. The molecule has 0 bridgehead atoms. The zero-order valence-corrected chi connectivity index (χ0v) is 24.2. The number of hydrogen-bond donors (Lipinski definition) is 0. The maximum Gasteiger partial charge on any atom is 0.196 e. The van der Waals surface area contributed by atoms with Gasteiger partial charge in [0.25, 0.3) is 0 Å². The maximum absolute atomic E-state index is 12.5. The molecule has 0 amide bonds. The summed E-state index contributed by atoms with van der Waals surface area (Å²) >= 11 is 0. The number of carbonyl (C=O) groups is 2. The molecule has 0 saturated carbocycles. The van der Waals surface area contributed by atoms with Gasteiger partial charge in [-0.15, -0.1) is 0 Å². The molecule has 0 unspecified atom stereocenters. The van der Waals surface area contributed by atoms with Crippen LogP contribution in [0.2, 0.25) is 0 Å². The van der Waals surface area contributed by atoms with E-state index in [1.54, 1.807) is 7.11 Å². The molecule has 0 radical (unpaired) electrons. The Hall–Kier alpha value is -4.70. The van der Waals surface area contributed by atoms with Crippen LogP contribution in [-0.4, -0.2) is 25.3 Å². The van der Waals surface area contributed by atoms with E-state index in [9.17, 15) is 9.59 Å². The molecule has 4 aromatic rings. The van der Waals surface area contributed by atoms with Crippen LogP contribution < -0.4 is 9.47 Å². The van der Waals surface area contributed by atoms with Crippen molar-refractivity contribution in [2.75, 3.05) is 13.7 Å². The Morgan fingerprint density at radius 1 is 0.683 bits per heavy atom. The predicted molar refractivity (Wildman–Crippen MR) is 165 cm³/mol. The molecule has 0 fully saturated rings. The van der Waals surface area contributed by atoms with Crippen LogP contribution in [0.1, 0.15) is 59.7 Å². The molecule has 1 aliphatic heterocycles. The van der Waals surface area contributed by atoms with Gasteiger partial charge in [-0.1, -0.05) is 60.7 Å². The summed E-state index contributed by atoms with van der Waals surface area (Å²) < 4.78 is 11.1. The van der Waals surface area contributed by atoms with E-state index in [4.69, 9.17) is 9.47 Å². The highest BCUT2D eigenvalue weighted by atomic mass is 16.5. The van der Waals surface area contributed by atoms with Crippen molar-refractivity contribution in [3.05, 3.63) is 140 Å². The summed E-state index contributed by atoms with van der Waals surface area (Å²) in [5.74, 6) is 1.68. The van der Waals surface area contributed by atoms with Gasteiger partial charge in [0.05, 0.1) is 12.7 Å². The quantitative estimate of drug-likeness (QED) is 0.246. The fraction of sp³-hybridized carbons (Fsp3) is 0.189. The largest absolute Gasteiger partial charge is 0.496 e. The van der Waals surface area contributed by atoms with Crippen LogP contribution >= 0.6 is 0 Å². The second kappa shape index (κ2) is 11.8. The summed E-state index contributed by atoms with van der Waals surface area (Å²) in [5.41, 5.74) is 11.0. The Bertz CT molecular complexity index is 1720. The SMILES string of the molecule is COc1cc(C)ccc1C=C1Cc2ccccc2C1=O.Cc1cc(C)c(C=C2COc3ccccc3C2=O)cc1C. The Labute approximate surface area is 242 Å². The number of ketones is 2. The van der Waals surface area contributed by atoms with Crippen molar-refractivity contribution in [2.45, 2.75) is 34.1 Å². The van der Waals surface area contributed by atoms with E-state index in [0.717, 1.165) is 39.1 Å². The molecular formula is C37H34O4. The monoisotopic (exact) mass is 542 g/mol. The smallest absolute Gasteiger partial charge is 0.196 e. The first kappa shape index (κ1) is 27.9. The van der Waals surface area contributed by atoms with Gasteiger partial charge in [-0.3, -0.25) is 9.59 Å². The van der Waals surface area contributed by atoms with Gasteiger partial charge in [-0.2, -0.15) is 0 Å². The van der Waals surface area contributed by atoms with Gasteiger partial charge in [0.15, 0.2) is 11.6 Å². The van der Waals surface area contributed by atoms with Gasteiger partial charge >= 0.3 is 0 Å². The molecule has 6 rings (SSSR count). The number of Topliss-reactive ketones (excluding diaryl/α,β-unsaturated/α-hetero) is 2. The summed E-state index contributed by atoms with van der Waals surface area (Å²) in [6.45, 7) is 8.62. The topological polar surface area (TPSA) is 52.6 Å². The molecular weight excluding hydrogens is 508 g/mol. The number of carbonyl (C=O) groups excluding carboxylic acids is 2. The van der Waals surface area contributed by atoms with E-state index >= 15 is 0 Å². The van der Waals surface area contributed by atoms with Crippen LogP contribution in [0.3, 0.4) is 0 Å². The lowest BCUT2D eigenvalue weighted by molar-refractivity contribution is 0.0999. The van der Waals surface area contributed by atoms with Crippen molar-refractivity contribution in [3.8, 4) is 11.5 Å². The summed E-state index contributed by atoms with van der Waals surface area (Å²) in [6.07, 6.45) is 4.60. The lowest BCUT2D eigenvalue weighted by atomic mass is 9.95. The summed E-state index contributed by atoms with van der Waals surface area (Å²) in [7, 11) is 1.65. The van der Waals surface area contributed by atoms with E-state index in [1.165, 1.54) is 16.7 Å². The van der Waals surface area contributed by atoms with E-state index < -0.39 is 0 Å². The van der Waals surface area contributed by atoms with Gasteiger partial charge in [-0.05, 0) is 91.4 Å². The maximum atomic E-state index is 12.5. The molecule has 41 heavy (non-hydrogen) atoms. The highest BCUT2D eigenvalue weighted by molar-refractivity contribution is 6.15. The fourth-order valence-corrected chi connectivity index (χ4v) is 5.20. The molecule has 0 spiro atoms. The van der Waals surface area contributed by atoms with Crippen LogP contribution in [0, 0.1) is 27.7 Å². The summed E-state index contributed by atoms with van der Waals surface area (Å²) in [5, 5.41) is 0. The first-order valence-corrected chi connectivity index (χ1v) is 13.8. The Balaban J connectivity index is 0.000000165. The molecule has 2 aliphatic rings. The number of methoxy groups -OCH3 is 1. The number of aryl methyl sites for hydroxylation is 4. The second-order valence-electron chi connectivity index (χ2n) is 10.7. The third-order valence-electron chi connectivity index (χ3n) is 7.67. The van der Waals surface area contributed by atoms with Crippen molar-refractivity contribution in [1.82, 2.24) is 0 Å². The zero-order chi connectivity index (χ0) is 29.1. The molecule has 0 aromatic heterocycles. The molecule has 1 heterocycles. The van der Waals surface area contributed by atoms with Crippen molar-refractivity contribution in [3.63, 3.8) is 0 Å².